The Bertz CT molecular complexity index is 745. The minimum Gasteiger partial charge on any atom is -0.461 e. The second kappa shape index (κ2) is 10.2. The second-order valence-electron chi connectivity index (χ2n) is 7.52. The summed E-state index contributed by atoms with van der Waals surface area (Å²) in [6.45, 7) is 6.91. The second-order valence-corrected chi connectivity index (χ2v) is 8.37. The number of cyclic esters (lactones) is 1. The van der Waals surface area contributed by atoms with Gasteiger partial charge in [0.2, 0.25) is 5.91 Å². The fraction of sp³-hybridized carbons (Fsp3) is 0.650. The number of halogens is 1. The Morgan fingerprint density at radius 3 is 2.62 bits per heavy atom. The monoisotopic (exact) mass is 473 g/mol. The standard InChI is InChI=1S/C20H28BrNO7/c1-11(2)15-10-27-20(26)22(15)19(25)12(3)18(28-13(4)24)17-9-14(21)16(29-17)7-5-6-8-23/h9,11-12,15,18,23H,5-8,10H2,1-4H3. The number of carbonyl (C=O) groups excluding carboxylic acids is 3. The molecule has 1 aromatic heterocycles. The van der Waals surface area contributed by atoms with Crippen LogP contribution in [0.25, 0.3) is 0 Å². The molecule has 29 heavy (non-hydrogen) atoms. The zero-order chi connectivity index (χ0) is 21.7. The maximum Gasteiger partial charge on any atom is 0.416 e. The number of aliphatic hydroxyl groups excluding tert-OH is 1. The molecule has 3 atom stereocenters. The van der Waals surface area contributed by atoms with Gasteiger partial charge in [-0.15, -0.1) is 0 Å². The Balaban J connectivity index is 2.27. The largest absolute Gasteiger partial charge is 0.461 e. The van der Waals surface area contributed by atoms with Gasteiger partial charge in [-0.1, -0.05) is 13.8 Å². The Morgan fingerprint density at radius 1 is 1.34 bits per heavy atom. The van der Waals surface area contributed by atoms with Gasteiger partial charge in [0.25, 0.3) is 0 Å². The average Bonchev–Trinajstić information content (AvgIpc) is 3.21. The minimum absolute atomic E-state index is 0.0284. The molecular formula is C20H28BrNO7. The molecule has 162 valence electrons. The zero-order valence-electron chi connectivity index (χ0n) is 17.1. The van der Waals surface area contributed by atoms with Crippen molar-refractivity contribution in [1.82, 2.24) is 4.90 Å². The van der Waals surface area contributed by atoms with Crippen LogP contribution in [0.2, 0.25) is 0 Å². The zero-order valence-corrected chi connectivity index (χ0v) is 18.7. The first-order valence-corrected chi connectivity index (χ1v) is 10.5. The Kier molecular flexibility index (Phi) is 8.27. The van der Waals surface area contributed by atoms with E-state index in [9.17, 15) is 14.4 Å². The molecule has 8 nitrogen and oxygen atoms in total. The van der Waals surface area contributed by atoms with Crippen LogP contribution in [0, 0.1) is 11.8 Å². The average molecular weight is 474 g/mol. The summed E-state index contributed by atoms with van der Waals surface area (Å²) in [5.41, 5.74) is 0. The number of hydrogen-bond donors (Lipinski definition) is 1. The van der Waals surface area contributed by atoms with E-state index in [4.69, 9.17) is 19.0 Å². The SMILES string of the molecule is CC(=O)OC(c1cc(Br)c(CCCCO)o1)C(C)C(=O)N1C(=O)OCC1C(C)C. The lowest BCUT2D eigenvalue weighted by atomic mass is 9.98. The van der Waals surface area contributed by atoms with Gasteiger partial charge in [0.05, 0.1) is 16.4 Å². The highest BCUT2D eigenvalue weighted by molar-refractivity contribution is 9.10. The number of nitrogens with zero attached hydrogens (tertiary/aromatic N) is 1. The highest BCUT2D eigenvalue weighted by atomic mass is 79.9. The van der Waals surface area contributed by atoms with Crippen LogP contribution in [0.5, 0.6) is 0 Å². The molecule has 0 saturated carbocycles. The van der Waals surface area contributed by atoms with E-state index >= 15 is 0 Å². The van der Waals surface area contributed by atoms with E-state index in [2.05, 4.69) is 15.9 Å². The number of aliphatic hydroxyl groups is 1. The molecule has 0 radical (unpaired) electrons. The van der Waals surface area contributed by atoms with Gasteiger partial charge in [-0.2, -0.15) is 0 Å². The number of hydrogen-bond acceptors (Lipinski definition) is 7. The van der Waals surface area contributed by atoms with E-state index in [1.807, 2.05) is 13.8 Å². The highest BCUT2D eigenvalue weighted by Gasteiger charge is 2.44. The summed E-state index contributed by atoms with van der Waals surface area (Å²) in [4.78, 5) is 38.1. The predicted octanol–water partition coefficient (Wildman–Crippen LogP) is 3.60. The van der Waals surface area contributed by atoms with Gasteiger partial charge in [0.1, 0.15) is 18.1 Å². The van der Waals surface area contributed by atoms with Crippen LogP contribution in [0.3, 0.4) is 0 Å². The first-order valence-electron chi connectivity index (χ1n) is 9.73. The van der Waals surface area contributed by atoms with Crippen molar-refractivity contribution in [2.75, 3.05) is 13.2 Å². The first-order chi connectivity index (χ1) is 13.7. The third-order valence-corrected chi connectivity index (χ3v) is 5.59. The van der Waals surface area contributed by atoms with E-state index < -0.39 is 30.0 Å². The van der Waals surface area contributed by atoms with E-state index in [0.29, 0.717) is 28.8 Å². The van der Waals surface area contributed by atoms with Crippen molar-refractivity contribution in [1.29, 1.82) is 0 Å². The Morgan fingerprint density at radius 2 is 2.03 bits per heavy atom. The molecule has 1 fully saturated rings. The number of furan rings is 1. The van der Waals surface area contributed by atoms with Crippen LogP contribution in [-0.2, 0) is 25.5 Å². The summed E-state index contributed by atoms with van der Waals surface area (Å²) in [5.74, 6) is -0.901. The fourth-order valence-electron chi connectivity index (χ4n) is 3.25. The summed E-state index contributed by atoms with van der Waals surface area (Å²) in [6.07, 6.45) is 0.282. The van der Waals surface area contributed by atoms with Crippen molar-refractivity contribution in [3.05, 3.63) is 22.1 Å². The van der Waals surface area contributed by atoms with Crippen LogP contribution < -0.4 is 0 Å². The molecule has 1 aromatic rings. The number of ether oxygens (including phenoxy) is 2. The van der Waals surface area contributed by atoms with Crippen molar-refractivity contribution in [3.8, 4) is 0 Å². The number of imide groups is 1. The Labute approximate surface area is 178 Å². The van der Waals surface area contributed by atoms with Crippen molar-refractivity contribution in [2.24, 2.45) is 11.8 Å². The van der Waals surface area contributed by atoms with Gasteiger partial charge in [0.15, 0.2) is 6.10 Å². The Hall–Kier alpha value is -1.87. The van der Waals surface area contributed by atoms with E-state index in [1.165, 1.54) is 6.92 Å². The first kappa shape index (κ1) is 23.4. The van der Waals surface area contributed by atoms with Gasteiger partial charge >= 0.3 is 12.1 Å². The van der Waals surface area contributed by atoms with Gasteiger partial charge < -0.3 is 19.0 Å². The van der Waals surface area contributed by atoms with Crippen molar-refractivity contribution >= 4 is 33.9 Å². The lowest BCUT2D eigenvalue weighted by Crippen LogP contribution is -2.45. The molecule has 3 unspecified atom stereocenters. The maximum absolute atomic E-state index is 13.1. The smallest absolute Gasteiger partial charge is 0.416 e. The fourth-order valence-corrected chi connectivity index (χ4v) is 3.75. The molecular weight excluding hydrogens is 446 g/mol. The number of rotatable bonds is 9. The molecule has 0 spiro atoms. The van der Waals surface area contributed by atoms with Crippen molar-refractivity contribution < 1.29 is 33.4 Å². The molecule has 2 rings (SSSR count). The maximum atomic E-state index is 13.1. The van der Waals surface area contributed by atoms with Gasteiger partial charge in [0, 0.05) is 20.0 Å². The molecule has 1 N–H and O–H groups in total. The van der Waals surface area contributed by atoms with Gasteiger partial charge in [-0.25, -0.2) is 9.69 Å². The quantitative estimate of drug-likeness (QED) is 0.431. The summed E-state index contributed by atoms with van der Waals surface area (Å²) in [6, 6.07) is 1.31. The molecule has 1 aliphatic rings. The molecule has 0 aliphatic carbocycles. The van der Waals surface area contributed by atoms with E-state index in [1.54, 1.807) is 13.0 Å². The van der Waals surface area contributed by atoms with Crippen LogP contribution in [-0.4, -0.2) is 47.2 Å². The molecule has 0 aromatic carbocycles. The summed E-state index contributed by atoms with van der Waals surface area (Å²) >= 11 is 3.43. The van der Waals surface area contributed by atoms with Crippen LogP contribution in [0.15, 0.2) is 15.0 Å². The molecule has 2 amide bonds. The number of esters is 1. The summed E-state index contributed by atoms with van der Waals surface area (Å²) < 4.78 is 17.0. The lowest BCUT2D eigenvalue weighted by molar-refractivity contribution is -0.155. The lowest BCUT2D eigenvalue weighted by Gasteiger charge is -2.28. The molecule has 0 bridgehead atoms. The van der Waals surface area contributed by atoms with Crippen LogP contribution >= 0.6 is 15.9 Å². The van der Waals surface area contributed by atoms with E-state index in [-0.39, 0.29) is 25.2 Å². The topological polar surface area (TPSA) is 106 Å². The molecule has 1 aliphatic heterocycles. The van der Waals surface area contributed by atoms with Gasteiger partial charge in [-0.3, -0.25) is 9.59 Å². The molecule has 9 heteroatoms. The number of aryl methyl sites for hydroxylation is 1. The third kappa shape index (κ3) is 5.60. The molecule has 1 saturated heterocycles. The minimum atomic E-state index is -0.982. The van der Waals surface area contributed by atoms with Crippen LogP contribution in [0.1, 0.15) is 58.2 Å². The number of unbranched alkanes of at least 4 members (excludes halogenated alkanes) is 1. The predicted molar refractivity (Wildman–Crippen MR) is 107 cm³/mol. The summed E-state index contributed by atoms with van der Waals surface area (Å²) in [7, 11) is 0. The van der Waals surface area contributed by atoms with E-state index in [0.717, 1.165) is 11.3 Å². The van der Waals surface area contributed by atoms with Gasteiger partial charge in [-0.05, 0) is 47.7 Å². The van der Waals surface area contributed by atoms with Crippen molar-refractivity contribution in [2.45, 2.75) is 59.1 Å². The number of carbonyl (C=O) groups is 3. The summed E-state index contributed by atoms with van der Waals surface area (Å²) in [5, 5.41) is 8.95. The van der Waals surface area contributed by atoms with Crippen LogP contribution in [0.4, 0.5) is 4.79 Å². The number of amides is 2. The molecule has 2 heterocycles. The normalized spacial score (nSPS) is 18.7. The third-order valence-electron chi connectivity index (χ3n) is 4.92. The highest BCUT2D eigenvalue weighted by Crippen LogP contribution is 2.35. The van der Waals surface area contributed by atoms with Crippen molar-refractivity contribution in [3.63, 3.8) is 0 Å².